The minimum atomic E-state index is -0.137. The minimum absolute atomic E-state index is 0.0123. The lowest BCUT2D eigenvalue weighted by Crippen LogP contribution is -2.44. The highest BCUT2D eigenvalue weighted by Crippen LogP contribution is 2.23. The first-order chi connectivity index (χ1) is 10.2. The minimum Gasteiger partial charge on any atom is -0.497 e. The molecule has 1 aromatic rings. The molecule has 3 N–H and O–H groups in total. The average molecular weight is 293 g/mol. The fourth-order valence-corrected chi connectivity index (χ4v) is 2.46. The lowest BCUT2D eigenvalue weighted by atomic mass is 10.0. The van der Waals surface area contributed by atoms with Crippen LogP contribution in [0.4, 0.5) is 0 Å². The monoisotopic (exact) mass is 293 g/mol. The van der Waals surface area contributed by atoms with Crippen LogP contribution in [0.2, 0.25) is 0 Å². The number of carbonyl (C=O) groups is 1. The fraction of sp³-hybridized carbons (Fsp3) is 0.533. The largest absolute Gasteiger partial charge is 0.497 e. The number of carbonyl (C=O) groups excluding carboxylic acids is 1. The molecule has 1 heterocycles. The van der Waals surface area contributed by atoms with Crippen LogP contribution in [-0.2, 0) is 9.53 Å². The Hall–Kier alpha value is -1.63. The molecule has 2 rings (SSSR count). The molecule has 1 aliphatic rings. The summed E-state index contributed by atoms with van der Waals surface area (Å²) in [7, 11) is 1.65. The Kier molecular flexibility index (Phi) is 5.98. The Morgan fingerprint density at radius 3 is 2.62 bits per heavy atom. The van der Waals surface area contributed by atoms with Gasteiger partial charge in [-0.3, -0.25) is 9.69 Å². The van der Waals surface area contributed by atoms with Crippen molar-refractivity contribution in [3.05, 3.63) is 29.8 Å². The quantitative estimate of drug-likeness (QED) is 0.780. The van der Waals surface area contributed by atoms with Crippen molar-refractivity contribution in [3.8, 4) is 5.75 Å². The number of nitrogens with two attached hydrogens (primary N) is 1. The topological polar surface area (TPSA) is 76.8 Å². The smallest absolute Gasteiger partial charge is 0.233 e. The van der Waals surface area contributed by atoms with E-state index in [1.54, 1.807) is 7.11 Å². The lowest BCUT2D eigenvalue weighted by Gasteiger charge is -2.35. The molecule has 0 saturated carbocycles. The summed E-state index contributed by atoms with van der Waals surface area (Å²) < 4.78 is 10.6. The second kappa shape index (κ2) is 7.97. The summed E-state index contributed by atoms with van der Waals surface area (Å²) in [5.74, 6) is 0.687. The summed E-state index contributed by atoms with van der Waals surface area (Å²) in [6, 6.07) is 8.07. The third-order valence-electron chi connectivity index (χ3n) is 3.66. The molecule has 1 saturated heterocycles. The maximum absolute atomic E-state index is 11.4. The van der Waals surface area contributed by atoms with Gasteiger partial charge in [-0.1, -0.05) is 12.1 Å². The van der Waals surface area contributed by atoms with Crippen LogP contribution < -0.4 is 15.8 Å². The Labute approximate surface area is 125 Å². The molecule has 0 bridgehead atoms. The predicted octanol–water partition coefficient (Wildman–Crippen LogP) is 0.143. The first-order valence-corrected chi connectivity index (χ1v) is 7.17. The number of rotatable bonds is 6. The van der Waals surface area contributed by atoms with E-state index in [2.05, 4.69) is 10.2 Å². The van der Waals surface area contributed by atoms with Gasteiger partial charge in [-0.05, 0) is 17.7 Å². The molecule has 1 atom stereocenters. The number of ether oxygens (including phenoxy) is 2. The molecule has 6 nitrogen and oxygen atoms in total. The van der Waals surface area contributed by atoms with Crippen molar-refractivity contribution in [2.24, 2.45) is 5.73 Å². The van der Waals surface area contributed by atoms with Crippen LogP contribution in [0.1, 0.15) is 11.6 Å². The van der Waals surface area contributed by atoms with E-state index in [-0.39, 0.29) is 18.5 Å². The van der Waals surface area contributed by atoms with Gasteiger partial charge in [0.05, 0.1) is 32.9 Å². The zero-order chi connectivity index (χ0) is 15.1. The molecular formula is C15H23N3O3. The first-order valence-electron chi connectivity index (χ1n) is 7.17. The number of nitrogens with zero attached hydrogens (tertiary/aromatic N) is 1. The summed E-state index contributed by atoms with van der Waals surface area (Å²) in [6.07, 6.45) is 0. The van der Waals surface area contributed by atoms with Gasteiger partial charge in [-0.2, -0.15) is 0 Å². The van der Waals surface area contributed by atoms with Crippen LogP contribution in [0, 0.1) is 0 Å². The van der Waals surface area contributed by atoms with E-state index < -0.39 is 0 Å². The molecule has 21 heavy (non-hydrogen) atoms. The van der Waals surface area contributed by atoms with Crippen molar-refractivity contribution in [2.45, 2.75) is 6.04 Å². The Morgan fingerprint density at radius 1 is 1.38 bits per heavy atom. The third-order valence-corrected chi connectivity index (χ3v) is 3.66. The molecule has 116 valence electrons. The summed E-state index contributed by atoms with van der Waals surface area (Å²) in [5, 5.41) is 2.88. The number of nitrogens with one attached hydrogen (secondary N) is 1. The maximum Gasteiger partial charge on any atom is 0.233 e. The molecule has 0 aromatic heterocycles. The average Bonchev–Trinajstić information content (AvgIpc) is 2.56. The third kappa shape index (κ3) is 4.42. The highest BCUT2D eigenvalue weighted by molar-refractivity contribution is 5.77. The number of hydrogen-bond acceptors (Lipinski definition) is 5. The molecule has 1 amide bonds. The van der Waals surface area contributed by atoms with Crippen LogP contribution in [0.3, 0.4) is 0 Å². The number of morpholine rings is 1. The van der Waals surface area contributed by atoms with Crippen LogP contribution >= 0.6 is 0 Å². The second-order valence-electron chi connectivity index (χ2n) is 4.95. The molecule has 0 radical (unpaired) electrons. The zero-order valence-electron chi connectivity index (χ0n) is 12.4. The van der Waals surface area contributed by atoms with E-state index >= 15 is 0 Å². The highest BCUT2D eigenvalue weighted by Gasteiger charge is 2.23. The van der Waals surface area contributed by atoms with Gasteiger partial charge in [0, 0.05) is 19.6 Å². The first kappa shape index (κ1) is 15.8. The number of methoxy groups -OCH3 is 1. The van der Waals surface area contributed by atoms with Gasteiger partial charge in [0.1, 0.15) is 5.75 Å². The van der Waals surface area contributed by atoms with Gasteiger partial charge in [-0.15, -0.1) is 0 Å². The summed E-state index contributed by atoms with van der Waals surface area (Å²) in [4.78, 5) is 13.8. The molecule has 6 heteroatoms. The van der Waals surface area contributed by atoms with Gasteiger partial charge in [0.15, 0.2) is 0 Å². The number of benzene rings is 1. The normalized spacial score (nSPS) is 17.2. The summed E-state index contributed by atoms with van der Waals surface area (Å²) in [5.41, 5.74) is 6.50. The van der Waals surface area contributed by atoms with E-state index in [0.29, 0.717) is 6.54 Å². The van der Waals surface area contributed by atoms with Crippen molar-refractivity contribution < 1.29 is 14.3 Å². The van der Waals surface area contributed by atoms with Crippen molar-refractivity contribution >= 4 is 5.91 Å². The summed E-state index contributed by atoms with van der Waals surface area (Å²) in [6.45, 7) is 3.71. The van der Waals surface area contributed by atoms with Crippen LogP contribution in [0.15, 0.2) is 24.3 Å². The Balaban J connectivity index is 2.10. The summed E-state index contributed by atoms with van der Waals surface area (Å²) >= 11 is 0. The highest BCUT2D eigenvalue weighted by atomic mass is 16.5. The van der Waals surface area contributed by atoms with Gasteiger partial charge < -0.3 is 20.5 Å². The van der Waals surface area contributed by atoms with E-state index in [1.165, 1.54) is 0 Å². The molecule has 1 fully saturated rings. The van der Waals surface area contributed by atoms with E-state index in [0.717, 1.165) is 37.6 Å². The van der Waals surface area contributed by atoms with Crippen molar-refractivity contribution in [3.63, 3.8) is 0 Å². The van der Waals surface area contributed by atoms with Gasteiger partial charge in [-0.25, -0.2) is 0 Å². The second-order valence-corrected chi connectivity index (χ2v) is 4.95. The Bertz CT molecular complexity index is 444. The van der Waals surface area contributed by atoms with E-state index in [4.69, 9.17) is 15.2 Å². The SMILES string of the molecule is COc1ccc(C(CNC(=O)CN)N2CCOCC2)cc1. The molecular weight excluding hydrogens is 270 g/mol. The van der Waals surface area contributed by atoms with Gasteiger partial charge >= 0.3 is 0 Å². The van der Waals surface area contributed by atoms with Crippen LogP contribution in [0.5, 0.6) is 5.75 Å². The maximum atomic E-state index is 11.4. The molecule has 1 aliphatic heterocycles. The lowest BCUT2D eigenvalue weighted by molar-refractivity contribution is -0.120. The molecule has 0 spiro atoms. The van der Waals surface area contributed by atoms with Crippen molar-refractivity contribution in [2.75, 3.05) is 46.5 Å². The van der Waals surface area contributed by atoms with Crippen molar-refractivity contribution in [1.82, 2.24) is 10.2 Å². The van der Waals surface area contributed by atoms with Crippen LogP contribution in [-0.4, -0.2) is 57.3 Å². The predicted molar refractivity (Wildman–Crippen MR) is 80.2 cm³/mol. The van der Waals surface area contributed by atoms with Gasteiger partial charge in [0.2, 0.25) is 5.91 Å². The molecule has 1 aromatic carbocycles. The molecule has 1 unspecified atom stereocenters. The number of hydrogen-bond donors (Lipinski definition) is 2. The zero-order valence-corrected chi connectivity index (χ0v) is 12.4. The number of amides is 1. The van der Waals surface area contributed by atoms with Crippen LogP contribution in [0.25, 0.3) is 0 Å². The van der Waals surface area contributed by atoms with E-state index in [9.17, 15) is 4.79 Å². The Morgan fingerprint density at radius 2 is 2.05 bits per heavy atom. The van der Waals surface area contributed by atoms with Crippen molar-refractivity contribution in [1.29, 1.82) is 0 Å². The standard InChI is InChI=1S/C15H23N3O3/c1-20-13-4-2-12(3-5-13)14(11-17-15(19)10-16)18-6-8-21-9-7-18/h2-5,14H,6-11,16H2,1H3,(H,17,19). The molecule has 0 aliphatic carbocycles. The van der Waals surface area contributed by atoms with Gasteiger partial charge in [0.25, 0.3) is 0 Å². The fourth-order valence-electron chi connectivity index (χ4n) is 2.46. The van der Waals surface area contributed by atoms with E-state index in [1.807, 2.05) is 24.3 Å².